The third kappa shape index (κ3) is 5.63. The molecule has 4 heteroatoms. The van der Waals surface area contributed by atoms with E-state index in [0.29, 0.717) is 0 Å². The zero-order valence-corrected chi connectivity index (χ0v) is 25.8. The Balaban J connectivity index is 0.000000213. The number of furan rings is 1. The maximum Gasteiger partial charge on any atom is 0.120 e. The summed E-state index contributed by atoms with van der Waals surface area (Å²) in [5.74, 6) is 0. The Bertz CT molecular complexity index is 2120. The van der Waals surface area contributed by atoms with Crippen molar-refractivity contribution in [3.63, 3.8) is 0 Å². The van der Waals surface area contributed by atoms with Gasteiger partial charge in [0, 0.05) is 37.9 Å². The second-order valence-corrected chi connectivity index (χ2v) is 10.1. The summed E-state index contributed by atoms with van der Waals surface area (Å²) < 4.78 is 6.19. The van der Waals surface area contributed by atoms with Gasteiger partial charge >= 0.3 is 0 Å². The number of pyridine rings is 2. The van der Waals surface area contributed by atoms with Gasteiger partial charge in [-0.15, -0.1) is 54.1 Å². The average molecular weight is 731 g/mol. The summed E-state index contributed by atoms with van der Waals surface area (Å²) in [6.07, 6.45) is 3.66. The zero-order valence-electron chi connectivity index (χ0n) is 23.4. The Kier molecular flexibility index (Phi) is 8.24. The average Bonchev–Trinajstić information content (AvgIpc) is 3.45. The van der Waals surface area contributed by atoms with Crippen molar-refractivity contribution >= 4 is 32.7 Å². The molecule has 0 fully saturated rings. The molecule has 0 N–H and O–H groups in total. The summed E-state index contributed by atoms with van der Waals surface area (Å²) in [4.78, 5) is 8.87. The van der Waals surface area contributed by atoms with Crippen molar-refractivity contribution in [3.05, 3.63) is 157 Å². The topological polar surface area (TPSA) is 38.9 Å². The third-order valence-electron chi connectivity index (χ3n) is 7.51. The Labute approximate surface area is 264 Å². The van der Waals surface area contributed by atoms with Gasteiger partial charge < -0.3 is 14.4 Å². The maximum atomic E-state index is 6.19. The van der Waals surface area contributed by atoms with Crippen LogP contribution in [0.2, 0.25) is 0 Å². The van der Waals surface area contributed by atoms with Gasteiger partial charge in [0.15, 0.2) is 0 Å². The number of para-hydroxylation sites is 1. The number of aromatic nitrogens is 2. The second kappa shape index (κ2) is 12.5. The van der Waals surface area contributed by atoms with Gasteiger partial charge in [0.1, 0.15) is 5.58 Å². The predicted molar refractivity (Wildman–Crippen MR) is 172 cm³/mol. The number of nitrogens with zero attached hydrogens (tertiary/aromatic N) is 2. The molecular formula is C39H26IrN2O-2. The molecule has 0 saturated heterocycles. The van der Waals surface area contributed by atoms with Gasteiger partial charge in [-0.3, -0.25) is 0 Å². The standard InChI is InChI=1S/C28H18NO.C11H8N.Ir/c1-18-21-8-3-2-7-19(21)13-14-22(18)20-15-16-29-26(17-20)25-11-6-10-24-23-9-4-5-12-27(23)30-28(24)25;1-2-6-10(7-3-1)11-8-4-5-9-12-11;/h2-10,12-17H,1H3;1-6,8-9H;/q2*-1;. The van der Waals surface area contributed by atoms with Crippen molar-refractivity contribution in [2.45, 2.75) is 6.92 Å². The predicted octanol–water partition coefficient (Wildman–Crippen LogP) is 10.1. The minimum Gasteiger partial charge on any atom is -0.501 e. The first-order valence-electron chi connectivity index (χ1n) is 13.9. The first-order valence-corrected chi connectivity index (χ1v) is 13.9. The van der Waals surface area contributed by atoms with Crippen LogP contribution < -0.4 is 0 Å². The van der Waals surface area contributed by atoms with E-state index in [0.717, 1.165) is 50.0 Å². The van der Waals surface area contributed by atoms with Crippen LogP contribution in [0.5, 0.6) is 0 Å². The van der Waals surface area contributed by atoms with Gasteiger partial charge in [0.25, 0.3) is 0 Å². The largest absolute Gasteiger partial charge is 0.501 e. The first-order chi connectivity index (χ1) is 20.8. The molecule has 1 radical (unpaired) electrons. The fourth-order valence-corrected chi connectivity index (χ4v) is 5.43. The van der Waals surface area contributed by atoms with E-state index >= 15 is 0 Å². The summed E-state index contributed by atoms with van der Waals surface area (Å²) in [7, 11) is 0. The van der Waals surface area contributed by atoms with Crippen LogP contribution in [0, 0.1) is 19.1 Å². The summed E-state index contributed by atoms with van der Waals surface area (Å²) >= 11 is 0. The molecule has 209 valence electrons. The van der Waals surface area contributed by atoms with Crippen LogP contribution in [-0.2, 0) is 20.1 Å². The van der Waals surface area contributed by atoms with E-state index in [4.69, 9.17) is 4.42 Å². The first kappa shape index (κ1) is 28.2. The SMILES string of the molecule is Cc1c(-c2ccnc(-c3[c-]ccc4c3oc3ccccc34)c2)ccc2ccccc12.[Ir].[c-]1ccccc1-c1ccccn1. The van der Waals surface area contributed by atoms with Crippen molar-refractivity contribution in [1.82, 2.24) is 9.97 Å². The minimum atomic E-state index is 0. The molecule has 0 amide bonds. The number of benzene rings is 5. The van der Waals surface area contributed by atoms with Crippen molar-refractivity contribution < 1.29 is 24.5 Å². The number of aryl methyl sites for hydroxylation is 1. The molecule has 0 saturated carbocycles. The molecule has 5 aromatic carbocycles. The van der Waals surface area contributed by atoms with Gasteiger partial charge in [-0.2, -0.15) is 0 Å². The van der Waals surface area contributed by atoms with E-state index in [1.807, 2.05) is 72.9 Å². The Morgan fingerprint density at radius 2 is 1.40 bits per heavy atom. The number of rotatable bonds is 3. The molecular weight excluding hydrogens is 705 g/mol. The molecule has 43 heavy (non-hydrogen) atoms. The zero-order chi connectivity index (χ0) is 28.3. The maximum absolute atomic E-state index is 6.19. The van der Waals surface area contributed by atoms with E-state index in [1.54, 1.807) is 6.20 Å². The molecule has 0 aliphatic heterocycles. The Morgan fingerprint density at radius 1 is 0.605 bits per heavy atom. The number of hydrogen-bond donors (Lipinski definition) is 0. The van der Waals surface area contributed by atoms with Crippen LogP contribution in [0.3, 0.4) is 0 Å². The number of fused-ring (bicyclic) bond motifs is 4. The molecule has 8 aromatic rings. The van der Waals surface area contributed by atoms with Gasteiger partial charge in [-0.25, -0.2) is 0 Å². The normalized spacial score (nSPS) is 10.7. The van der Waals surface area contributed by atoms with E-state index in [1.165, 1.54) is 21.9 Å². The Hall–Kier alpha value is -4.89. The molecule has 0 aliphatic rings. The minimum absolute atomic E-state index is 0. The summed E-state index contributed by atoms with van der Waals surface area (Å²) in [6, 6.07) is 49.4. The molecule has 0 bridgehead atoms. The molecule has 0 aliphatic carbocycles. The van der Waals surface area contributed by atoms with E-state index < -0.39 is 0 Å². The summed E-state index contributed by atoms with van der Waals surface area (Å²) in [6.45, 7) is 2.18. The van der Waals surface area contributed by atoms with Crippen LogP contribution in [0.25, 0.3) is 66.4 Å². The molecule has 0 atom stereocenters. The van der Waals surface area contributed by atoms with E-state index in [9.17, 15) is 0 Å². The van der Waals surface area contributed by atoms with Crippen molar-refractivity contribution in [3.8, 4) is 33.6 Å². The molecule has 3 nitrogen and oxygen atoms in total. The van der Waals surface area contributed by atoms with Crippen LogP contribution in [0.1, 0.15) is 5.56 Å². The fraction of sp³-hybridized carbons (Fsp3) is 0.0256. The van der Waals surface area contributed by atoms with Crippen LogP contribution in [0.4, 0.5) is 0 Å². The van der Waals surface area contributed by atoms with E-state index in [2.05, 4.69) is 89.7 Å². The van der Waals surface area contributed by atoms with Crippen molar-refractivity contribution in [1.29, 1.82) is 0 Å². The van der Waals surface area contributed by atoms with E-state index in [-0.39, 0.29) is 20.1 Å². The van der Waals surface area contributed by atoms with Crippen molar-refractivity contribution in [2.24, 2.45) is 0 Å². The quantitative estimate of drug-likeness (QED) is 0.170. The Morgan fingerprint density at radius 3 is 2.23 bits per heavy atom. The number of hydrogen-bond acceptors (Lipinski definition) is 3. The van der Waals surface area contributed by atoms with Gasteiger partial charge in [-0.1, -0.05) is 83.7 Å². The molecule has 0 spiro atoms. The third-order valence-corrected chi connectivity index (χ3v) is 7.51. The molecule has 8 rings (SSSR count). The molecule has 3 heterocycles. The van der Waals surface area contributed by atoms with Gasteiger partial charge in [0.2, 0.25) is 0 Å². The van der Waals surface area contributed by atoms with Gasteiger partial charge in [-0.05, 0) is 64.0 Å². The second-order valence-electron chi connectivity index (χ2n) is 10.1. The summed E-state index contributed by atoms with van der Waals surface area (Å²) in [5.41, 5.74) is 9.12. The van der Waals surface area contributed by atoms with Crippen LogP contribution >= 0.6 is 0 Å². The van der Waals surface area contributed by atoms with Gasteiger partial charge in [0.05, 0.1) is 5.58 Å². The van der Waals surface area contributed by atoms with Crippen LogP contribution in [0.15, 0.2) is 144 Å². The summed E-state index contributed by atoms with van der Waals surface area (Å²) in [5, 5.41) is 4.74. The molecule has 3 aromatic heterocycles. The van der Waals surface area contributed by atoms with Crippen LogP contribution in [-0.4, -0.2) is 9.97 Å². The van der Waals surface area contributed by atoms with Crippen molar-refractivity contribution in [2.75, 3.05) is 0 Å². The molecule has 0 unspecified atom stereocenters. The fourth-order valence-electron chi connectivity index (χ4n) is 5.43. The monoisotopic (exact) mass is 731 g/mol. The smallest absolute Gasteiger partial charge is 0.120 e.